The van der Waals surface area contributed by atoms with Gasteiger partial charge in [-0.1, -0.05) is 26.0 Å². The number of thioether (sulfide) groups is 1. The van der Waals surface area contributed by atoms with Gasteiger partial charge in [0, 0.05) is 21.1 Å². The summed E-state index contributed by atoms with van der Waals surface area (Å²) < 4.78 is 44.3. The van der Waals surface area contributed by atoms with Crippen LogP contribution in [0.1, 0.15) is 55.3 Å². The number of benzene rings is 2. The molecule has 0 radical (unpaired) electrons. The minimum Gasteiger partial charge on any atom is -0.478 e. The van der Waals surface area contributed by atoms with Crippen LogP contribution in [0.15, 0.2) is 47.4 Å². The van der Waals surface area contributed by atoms with Crippen LogP contribution < -0.4 is 4.74 Å². The average Bonchev–Trinajstić information content (AvgIpc) is 3.12. The quantitative estimate of drug-likeness (QED) is 0.314. The van der Waals surface area contributed by atoms with Crippen molar-refractivity contribution in [2.75, 3.05) is 0 Å². The van der Waals surface area contributed by atoms with Crippen molar-refractivity contribution in [3.8, 4) is 16.3 Å². The minimum atomic E-state index is -4.36. The first-order valence-corrected chi connectivity index (χ1v) is 12.4. The van der Waals surface area contributed by atoms with Gasteiger partial charge in [0.2, 0.25) is 0 Å². The van der Waals surface area contributed by atoms with E-state index < -0.39 is 23.3 Å². The highest BCUT2D eigenvalue weighted by molar-refractivity contribution is 7.98. The van der Waals surface area contributed by atoms with Crippen molar-refractivity contribution in [3.63, 3.8) is 0 Å². The van der Waals surface area contributed by atoms with Gasteiger partial charge in [0.15, 0.2) is 5.60 Å². The highest BCUT2D eigenvalue weighted by Gasteiger charge is 2.31. The number of aryl methyl sites for hydroxylation is 1. The molecule has 0 bridgehead atoms. The van der Waals surface area contributed by atoms with E-state index in [-0.39, 0.29) is 5.92 Å². The van der Waals surface area contributed by atoms with Crippen LogP contribution in [0.3, 0.4) is 0 Å². The molecule has 0 atom stereocenters. The molecule has 0 amide bonds. The molecule has 4 nitrogen and oxygen atoms in total. The second kappa shape index (κ2) is 10.00. The molecule has 34 heavy (non-hydrogen) atoms. The van der Waals surface area contributed by atoms with Gasteiger partial charge in [-0.05, 0) is 62.6 Å². The Morgan fingerprint density at radius 3 is 2.35 bits per heavy atom. The smallest absolute Gasteiger partial charge is 0.416 e. The summed E-state index contributed by atoms with van der Waals surface area (Å²) >= 11 is 3.08. The van der Waals surface area contributed by atoms with Crippen LogP contribution in [-0.2, 0) is 16.7 Å². The zero-order valence-electron chi connectivity index (χ0n) is 19.5. The number of thiazole rings is 1. The molecule has 0 aliphatic heterocycles. The highest BCUT2D eigenvalue weighted by atomic mass is 32.2. The van der Waals surface area contributed by atoms with Crippen molar-refractivity contribution in [2.45, 2.75) is 63.0 Å². The summed E-state index contributed by atoms with van der Waals surface area (Å²) in [6.45, 7) is 8.97. The van der Waals surface area contributed by atoms with E-state index in [1.54, 1.807) is 17.8 Å². The molecule has 0 fully saturated rings. The van der Waals surface area contributed by atoms with Crippen molar-refractivity contribution < 1.29 is 27.8 Å². The number of nitrogens with zero attached hydrogens (tertiary/aromatic N) is 1. The molecule has 1 aromatic heterocycles. The fourth-order valence-corrected chi connectivity index (χ4v) is 5.27. The first kappa shape index (κ1) is 26.1. The van der Waals surface area contributed by atoms with Gasteiger partial charge in [-0.2, -0.15) is 13.2 Å². The number of halogens is 3. The third kappa shape index (κ3) is 6.13. The van der Waals surface area contributed by atoms with Crippen LogP contribution in [0.4, 0.5) is 13.2 Å². The minimum absolute atomic E-state index is 0.136. The second-order valence-electron chi connectivity index (χ2n) is 8.66. The number of aliphatic carboxylic acids is 1. The number of aromatic nitrogens is 1. The summed E-state index contributed by atoms with van der Waals surface area (Å²) in [7, 11) is 0. The first-order chi connectivity index (χ1) is 15.8. The number of hydrogen-bond acceptors (Lipinski definition) is 5. The topological polar surface area (TPSA) is 59.4 Å². The predicted molar refractivity (Wildman–Crippen MR) is 130 cm³/mol. The molecule has 3 rings (SSSR count). The molecular weight excluding hydrogens is 483 g/mol. The molecule has 3 aromatic rings. The third-order valence-corrected chi connectivity index (χ3v) is 7.61. The molecule has 0 aliphatic rings. The van der Waals surface area contributed by atoms with E-state index >= 15 is 0 Å². The Morgan fingerprint density at radius 2 is 1.79 bits per heavy atom. The first-order valence-electron chi connectivity index (χ1n) is 10.6. The zero-order valence-corrected chi connectivity index (χ0v) is 21.1. The molecule has 0 unspecified atom stereocenters. The fourth-order valence-electron chi connectivity index (χ4n) is 3.12. The van der Waals surface area contributed by atoms with E-state index in [4.69, 9.17) is 4.74 Å². The van der Waals surface area contributed by atoms with Gasteiger partial charge >= 0.3 is 12.1 Å². The lowest BCUT2D eigenvalue weighted by atomic mass is 10.0. The maximum atomic E-state index is 12.8. The molecule has 2 aromatic carbocycles. The predicted octanol–water partition coefficient (Wildman–Crippen LogP) is 7.80. The molecular formula is C25H26F3NO3S2. The molecule has 0 aliphatic carbocycles. The lowest BCUT2D eigenvalue weighted by Gasteiger charge is -2.24. The Morgan fingerprint density at radius 1 is 1.15 bits per heavy atom. The number of carbonyl (C=O) groups is 1. The summed E-state index contributed by atoms with van der Waals surface area (Å²) in [5, 5.41) is 10.1. The van der Waals surface area contributed by atoms with Crippen LogP contribution in [0.2, 0.25) is 0 Å². The van der Waals surface area contributed by atoms with Crippen molar-refractivity contribution in [1.82, 2.24) is 4.98 Å². The van der Waals surface area contributed by atoms with Gasteiger partial charge in [0.05, 0.1) is 11.3 Å². The molecule has 0 spiro atoms. The van der Waals surface area contributed by atoms with Gasteiger partial charge in [0.1, 0.15) is 10.8 Å². The van der Waals surface area contributed by atoms with E-state index in [0.29, 0.717) is 22.1 Å². The number of alkyl halides is 3. The molecule has 9 heteroatoms. The van der Waals surface area contributed by atoms with Crippen LogP contribution >= 0.6 is 23.1 Å². The second-order valence-corrected chi connectivity index (χ2v) is 10.8. The van der Waals surface area contributed by atoms with Crippen LogP contribution in [0.5, 0.6) is 5.75 Å². The maximum Gasteiger partial charge on any atom is 0.416 e. The van der Waals surface area contributed by atoms with E-state index in [1.807, 2.05) is 32.9 Å². The average molecular weight is 510 g/mol. The lowest BCUT2D eigenvalue weighted by molar-refractivity contribution is -0.152. The lowest BCUT2D eigenvalue weighted by Crippen LogP contribution is -2.38. The van der Waals surface area contributed by atoms with E-state index in [0.717, 1.165) is 33.2 Å². The summed E-state index contributed by atoms with van der Waals surface area (Å²) in [5.74, 6) is 0.301. The number of hydrogen-bond donors (Lipinski definition) is 1. The molecule has 0 saturated heterocycles. The number of carboxylic acids is 1. The van der Waals surface area contributed by atoms with Gasteiger partial charge in [-0.25, -0.2) is 9.78 Å². The maximum absolute atomic E-state index is 12.8. The Labute approximate surface area is 205 Å². The Kier molecular flexibility index (Phi) is 7.67. The summed E-state index contributed by atoms with van der Waals surface area (Å²) in [6, 6.07) is 10.8. The fraction of sp³-hybridized carbons (Fsp3) is 0.360. The molecule has 0 saturated carbocycles. The van der Waals surface area contributed by atoms with E-state index in [2.05, 4.69) is 4.98 Å². The normalized spacial score (nSPS) is 12.3. The monoisotopic (exact) mass is 509 g/mol. The Hall–Kier alpha value is -2.52. The van der Waals surface area contributed by atoms with Crippen LogP contribution in [0.25, 0.3) is 10.6 Å². The summed E-state index contributed by atoms with van der Waals surface area (Å²) in [6.07, 6.45) is -4.36. The Balaban J connectivity index is 1.76. The number of carboxylic acid groups (broad SMARTS) is 1. The van der Waals surface area contributed by atoms with E-state index in [9.17, 15) is 23.1 Å². The number of rotatable bonds is 8. The van der Waals surface area contributed by atoms with Gasteiger partial charge in [0.25, 0.3) is 0 Å². The van der Waals surface area contributed by atoms with Gasteiger partial charge in [-0.3, -0.25) is 0 Å². The molecule has 182 valence electrons. The van der Waals surface area contributed by atoms with Crippen LogP contribution in [0, 0.1) is 6.92 Å². The summed E-state index contributed by atoms with van der Waals surface area (Å²) in [4.78, 5) is 18.0. The zero-order chi connectivity index (χ0) is 25.3. The molecule has 1 N–H and O–H groups in total. The summed E-state index contributed by atoms with van der Waals surface area (Å²) in [5.41, 5.74) is 0.403. The van der Waals surface area contributed by atoms with Gasteiger partial charge in [-0.15, -0.1) is 23.1 Å². The van der Waals surface area contributed by atoms with Crippen molar-refractivity contribution in [3.05, 3.63) is 64.2 Å². The van der Waals surface area contributed by atoms with E-state index in [1.165, 1.54) is 37.3 Å². The standard InChI is InChI=1S/C25H26F3NO3S2/c1-14(2)19-12-18(10-11-20(19)32-24(4,5)23(30)31)33-13-21-15(3)29-22(34-21)16-6-8-17(9-7-16)25(26,27)28/h6-12,14H,13H2,1-5H3,(H,30,31). The molecule has 1 heterocycles. The van der Waals surface area contributed by atoms with Gasteiger partial charge < -0.3 is 9.84 Å². The largest absolute Gasteiger partial charge is 0.478 e. The van der Waals surface area contributed by atoms with Crippen LogP contribution in [-0.4, -0.2) is 21.7 Å². The van der Waals surface area contributed by atoms with Crippen molar-refractivity contribution >= 4 is 29.1 Å². The van der Waals surface area contributed by atoms with Crippen molar-refractivity contribution in [2.24, 2.45) is 0 Å². The third-order valence-electron chi connectivity index (χ3n) is 5.21. The number of ether oxygens (including phenoxy) is 1. The SMILES string of the molecule is Cc1nc(-c2ccc(C(F)(F)F)cc2)sc1CSc1ccc(OC(C)(C)C(=O)O)c(C(C)C)c1. The Bertz CT molecular complexity index is 1170. The highest BCUT2D eigenvalue weighted by Crippen LogP contribution is 2.37. The van der Waals surface area contributed by atoms with Crippen molar-refractivity contribution in [1.29, 1.82) is 0 Å².